The number of carbonyl (C=O) groups excluding carboxylic acids is 1. The first-order valence-corrected chi connectivity index (χ1v) is 8.18. The topological polar surface area (TPSA) is 110 Å². The summed E-state index contributed by atoms with van der Waals surface area (Å²) < 4.78 is 2.58. The quantitative estimate of drug-likeness (QED) is 0.693. The number of nitrogens with zero attached hydrogens (tertiary/aromatic N) is 5. The lowest BCUT2D eigenvalue weighted by Gasteiger charge is -2.33. The Morgan fingerprint density at radius 3 is 3.05 bits per heavy atom. The van der Waals surface area contributed by atoms with Gasteiger partial charge in [-0.15, -0.1) is 0 Å². The van der Waals surface area contributed by atoms with Crippen molar-refractivity contribution in [1.82, 2.24) is 24.6 Å². The number of halogens is 1. The van der Waals surface area contributed by atoms with Crippen LogP contribution in [0.15, 0.2) is 6.33 Å². The predicted molar refractivity (Wildman–Crippen MR) is 89.0 cm³/mol. The summed E-state index contributed by atoms with van der Waals surface area (Å²) in [6.07, 6.45) is 2.21. The van der Waals surface area contributed by atoms with Crippen molar-refractivity contribution in [3.8, 4) is 0 Å². The second-order valence-electron chi connectivity index (χ2n) is 5.45. The van der Waals surface area contributed by atoms with Gasteiger partial charge < -0.3 is 15.7 Å². The molecule has 22 heavy (non-hydrogen) atoms. The molecule has 3 rings (SSSR count). The fourth-order valence-corrected chi connectivity index (χ4v) is 3.58. The molecule has 2 aromatic heterocycles. The van der Waals surface area contributed by atoms with Gasteiger partial charge in [-0.25, -0.2) is 14.6 Å². The Labute approximate surface area is 140 Å². The normalized spacial score (nSPS) is 20.3. The van der Waals surface area contributed by atoms with Crippen molar-refractivity contribution >= 4 is 45.3 Å². The van der Waals surface area contributed by atoms with E-state index in [-0.39, 0.29) is 11.9 Å². The highest BCUT2D eigenvalue weighted by atomic mass is 127. The number of rotatable bonds is 2. The molecular formula is C13H17IN6O2. The molecule has 9 heteroatoms. The van der Waals surface area contributed by atoms with Crippen molar-refractivity contribution in [3.63, 3.8) is 0 Å². The lowest BCUT2D eigenvalue weighted by molar-refractivity contribution is -0.141. The summed E-state index contributed by atoms with van der Waals surface area (Å²) in [4.78, 5) is 22.0. The molecule has 0 spiro atoms. The van der Waals surface area contributed by atoms with Crippen molar-refractivity contribution < 1.29 is 9.90 Å². The third-order valence-electron chi connectivity index (χ3n) is 3.89. The Bertz CT molecular complexity index is 716. The number of aromatic nitrogens is 4. The maximum Gasteiger partial charge on any atom is 0.251 e. The highest BCUT2D eigenvalue weighted by Gasteiger charge is 2.29. The first-order chi connectivity index (χ1) is 10.5. The summed E-state index contributed by atoms with van der Waals surface area (Å²) in [6, 6.07) is 0.0248. The summed E-state index contributed by atoms with van der Waals surface area (Å²) in [5, 5.41) is 14.8. The van der Waals surface area contributed by atoms with Crippen LogP contribution in [-0.2, 0) is 4.79 Å². The first-order valence-electron chi connectivity index (χ1n) is 7.10. The number of aliphatic hydroxyl groups excluding tert-OH is 1. The number of aliphatic hydroxyl groups is 1. The number of anilines is 1. The van der Waals surface area contributed by atoms with Crippen LogP contribution in [0.1, 0.15) is 25.8 Å². The van der Waals surface area contributed by atoms with Crippen LogP contribution in [-0.4, -0.2) is 54.9 Å². The van der Waals surface area contributed by atoms with Crippen molar-refractivity contribution in [2.45, 2.75) is 31.9 Å². The zero-order valence-electron chi connectivity index (χ0n) is 12.1. The Kier molecular flexibility index (Phi) is 4.17. The molecular weight excluding hydrogens is 399 g/mol. The fourth-order valence-electron chi connectivity index (χ4n) is 2.83. The van der Waals surface area contributed by atoms with Gasteiger partial charge in [-0.2, -0.15) is 5.10 Å². The van der Waals surface area contributed by atoms with Crippen LogP contribution in [0.5, 0.6) is 0 Å². The van der Waals surface area contributed by atoms with E-state index in [2.05, 4.69) is 37.7 Å². The molecule has 1 aliphatic rings. The number of likely N-dealkylation sites (tertiary alicyclic amines) is 1. The van der Waals surface area contributed by atoms with Crippen molar-refractivity contribution in [2.24, 2.45) is 0 Å². The molecule has 1 aliphatic heterocycles. The lowest BCUT2D eigenvalue weighted by atomic mass is 10.1. The van der Waals surface area contributed by atoms with Gasteiger partial charge >= 0.3 is 0 Å². The second kappa shape index (κ2) is 5.95. The number of nitrogens with two attached hydrogens (primary N) is 1. The van der Waals surface area contributed by atoms with Gasteiger partial charge in [0, 0.05) is 13.1 Å². The van der Waals surface area contributed by atoms with Crippen molar-refractivity contribution in [3.05, 3.63) is 10.0 Å². The third-order valence-corrected chi connectivity index (χ3v) is 4.64. The smallest absolute Gasteiger partial charge is 0.251 e. The molecule has 0 aliphatic carbocycles. The van der Waals surface area contributed by atoms with Crippen molar-refractivity contribution in [1.29, 1.82) is 0 Å². The van der Waals surface area contributed by atoms with Crippen LogP contribution in [0, 0.1) is 3.70 Å². The van der Waals surface area contributed by atoms with E-state index in [0.717, 1.165) is 21.9 Å². The van der Waals surface area contributed by atoms with E-state index in [0.29, 0.717) is 24.6 Å². The second-order valence-corrected chi connectivity index (χ2v) is 6.47. The van der Waals surface area contributed by atoms with E-state index in [9.17, 15) is 9.90 Å². The van der Waals surface area contributed by atoms with Gasteiger partial charge in [0.05, 0.1) is 11.4 Å². The molecule has 0 unspecified atom stereocenters. The molecule has 0 aromatic carbocycles. The SMILES string of the molecule is C[C@H](O)C(=O)N1CCC[C@@H](n2nc(I)c3c(N)ncnc32)C1. The van der Waals surface area contributed by atoms with Gasteiger partial charge in [0.15, 0.2) is 5.65 Å². The molecule has 0 radical (unpaired) electrons. The minimum atomic E-state index is -0.980. The van der Waals surface area contributed by atoms with Gasteiger partial charge in [-0.05, 0) is 42.4 Å². The maximum atomic E-state index is 12.0. The Morgan fingerprint density at radius 2 is 2.32 bits per heavy atom. The van der Waals surface area contributed by atoms with Gasteiger partial charge in [0.1, 0.15) is 21.9 Å². The highest BCUT2D eigenvalue weighted by Crippen LogP contribution is 2.29. The molecule has 2 aromatic rings. The molecule has 2 atom stereocenters. The number of hydrogen-bond donors (Lipinski definition) is 2. The molecule has 118 valence electrons. The summed E-state index contributed by atoms with van der Waals surface area (Å²) in [6.45, 7) is 2.67. The largest absolute Gasteiger partial charge is 0.384 e. The average Bonchev–Trinajstić information content (AvgIpc) is 2.85. The van der Waals surface area contributed by atoms with E-state index < -0.39 is 6.10 Å². The van der Waals surface area contributed by atoms with Crippen LogP contribution in [0.2, 0.25) is 0 Å². The van der Waals surface area contributed by atoms with E-state index >= 15 is 0 Å². The fraction of sp³-hybridized carbons (Fsp3) is 0.538. The molecule has 1 saturated heterocycles. The Hall–Kier alpha value is -1.49. The highest BCUT2D eigenvalue weighted by molar-refractivity contribution is 14.1. The number of carbonyl (C=O) groups is 1. The van der Waals surface area contributed by atoms with Gasteiger partial charge in [-0.3, -0.25) is 4.79 Å². The van der Waals surface area contributed by atoms with E-state index in [4.69, 9.17) is 5.73 Å². The van der Waals surface area contributed by atoms with Crippen LogP contribution in [0.3, 0.4) is 0 Å². The van der Waals surface area contributed by atoms with E-state index in [1.165, 1.54) is 13.3 Å². The summed E-state index contributed by atoms with van der Waals surface area (Å²) in [7, 11) is 0. The summed E-state index contributed by atoms with van der Waals surface area (Å²) in [5.41, 5.74) is 6.60. The monoisotopic (exact) mass is 416 g/mol. The predicted octanol–water partition coefficient (Wildman–Crippen LogP) is 0.557. The molecule has 0 saturated carbocycles. The van der Waals surface area contributed by atoms with Crippen LogP contribution < -0.4 is 5.73 Å². The van der Waals surface area contributed by atoms with Crippen molar-refractivity contribution in [2.75, 3.05) is 18.8 Å². The maximum absolute atomic E-state index is 12.0. The summed E-state index contributed by atoms with van der Waals surface area (Å²) in [5.74, 6) is 0.165. The molecule has 3 heterocycles. The molecule has 1 fully saturated rings. The van der Waals surface area contributed by atoms with Crippen LogP contribution in [0.25, 0.3) is 11.0 Å². The Balaban J connectivity index is 1.94. The standard InChI is InChI=1S/C13H17IN6O2/c1-7(21)13(22)19-4-2-3-8(5-19)20-12-9(10(14)18-20)11(15)16-6-17-12/h6-8,21H,2-5H2,1H3,(H2,15,16,17)/t7-,8+/m0/s1. The number of hydrogen-bond acceptors (Lipinski definition) is 6. The number of amides is 1. The third kappa shape index (κ3) is 2.62. The number of piperidine rings is 1. The van der Waals surface area contributed by atoms with Gasteiger partial charge in [-0.1, -0.05) is 0 Å². The van der Waals surface area contributed by atoms with E-state index in [1.807, 2.05) is 4.68 Å². The number of nitrogen functional groups attached to an aromatic ring is 1. The molecule has 3 N–H and O–H groups in total. The molecule has 1 amide bonds. The molecule has 8 nitrogen and oxygen atoms in total. The summed E-state index contributed by atoms with van der Waals surface area (Å²) >= 11 is 2.12. The zero-order chi connectivity index (χ0) is 15.9. The lowest BCUT2D eigenvalue weighted by Crippen LogP contribution is -2.44. The number of fused-ring (bicyclic) bond motifs is 1. The van der Waals surface area contributed by atoms with E-state index in [1.54, 1.807) is 4.90 Å². The molecule has 0 bridgehead atoms. The van der Waals surface area contributed by atoms with Crippen LogP contribution >= 0.6 is 22.6 Å². The minimum Gasteiger partial charge on any atom is -0.384 e. The van der Waals surface area contributed by atoms with Crippen LogP contribution in [0.4, 0.5) is 5.82 Å². The average molecular weight is 416 g/mol. The van der Waals surface area contributed by atoms with Gasteiger partial charge in [0.25, 0.3) is 5.91 Å². The van der Waals surface area contributed by atoms with Gasteiger partial charge in [0.2, 0.25) is 0 Å². The first kappa shape index (κ1) is 15.4. The zero-order valence-corrected chi connectivity index (χ0v) is 14.3. The minimum absolute atomic E-state index is 0.0248. The Morgan fingerprint density at radius 1 is 1.55 bits per heavy atom.